The third kappa shape index (κ3) is 3.64. The molecule has 1 aromatic rings. The third-order valence-electron chi connectivity index (χ3n) is 3.53. The number of rotatable bonds is 4. The molecule has 0 aromatic carbocycles. The summed E-state index contributed by atoms with van der Waals surface area (Å²) in [5.74, 6) is 0.741. The molecule has 2 rings (SSSR count). The van der Waals surface area contributed by atoms with E-state index in [-0.39, 0.29) is 5.91 Å². The molecule has 0 spiro atoms. The summed E-state index contributed by atoms with van der Waals surface area (Å²) in [5, 5.41) is 13.2. The largest absolute Gasteiger partial charge is 0.388 e. The van der Waals surface area contributed by atoms with Crippen molar-refractivity contribution in [2.45, 2.75) is 31.3 Å². The molecule has 104 valence electrons. The molecule has 1 aliphatic heterocycles. The maximum atomic E-state index is 11.3. The molecule has 1 fully saturated rings. The number of anilines is 1. The Morgan fingerprint density at radius 3 is 3.11 bits per heavy atom. The minimum Gasteiger partial charge on any atom is -0.388 e. The average Bonchev–Trinajstić information content (AvgIpc) is 2.46. The molecule has 0 saturated carbocycles. The van der Waals surface area contributed by atoms with Gasteiger partial charge in [0, 0.05) is 39.0 Å². The number of hydrogen-bond donors (Lipinski definition) is 2. The fraction of sp³-hybridized carbons (Fsp3) is 0.615. The second-order valence-corrected chi connectivity index (χ2v) is 4.99. The van der Waals surface area contributed by atoms with Gasteiger partial charge in [0.1, 0.15) is 5.82 Å². The SMILES string of the molecule is CNC(=O)CCC1(O)CCCN(c2cnccn2)C1. The van der Waals surface area contributed by atoms with Crippen molar-refractivity contribution in [3.63, 3.8) is 0 Å². The number of hydrogen-bond acceptors (Lipinski definition) is 5. The number of carbonyl (C=O) groups excluding carboxylic acids is 1. The zero-order valence-corrected chi connectivity index (χ0v) is 11.2. The molecule has 1 aliphatic rings. The predicted molar refractivity (Wildman–Crippen MR) is 71.7 cm³/mol. The smallest absolute Gasteiger partial charge is 0.219 e. The Labute approximate surface area is 112 Å². The number of aliphatic hydroxyl groups is 1. The van der Waals surface area contributed by atoms with Gasteiger partial charge in [0.05, 0.1) is 11.8 Å². The quantitative estimate of drug-likeness (QED) is 0.819. The third-order valence-corrected chi connectivity index (χ3v) is 3.53. The highest BCUT2D eigenvalue weighted by Gasteiger charge is 2.33. The van der Waals surface area contributed by atoms with Gasteiger partial charge in [-0.2, -0.15) is 0 Å². The van der Waals surface area contributed by atoms with Crippen LogP contribution in [-0.4, -0.2) is 46.7 Å². The summed E-state index contributed by atoms with van der Waals surface area (Å²) in [6.45, 7) is 1.36. The molecule has 1 unspecified atom stereocenters. The Balaban J connectivity index is 1.98. The molecular weight excluding hydrogens is 244 g/mol. The van der Waals surface area contributed by atoms with Crippen LogP contribution in [0, 0.1) is 0 Å². The van der Waals surface area contributed by atoms with Crippen molar-refractivity contribution >= 4 is 11.7 Å². The molecule has 0 radical (unpaired) electrons. The molecule has 0 bridgehead atoms. The van der Waals surface area contributed by atoms with Crippen LogP contribution >= 0.6 is 0 Å². The van der Waals surface area contributed by atoms with Crippen LogP contribution in [-0.2, 0) is 4.79 Å². The summed E-state index contributed by atoms with van der Waals surface area (Å²) in [6.07, 6.45) is 7.41. The summed E-state index contributed by atoms with van der Waals surface area (Å²) < 4.78 is 0. The molecule has 6 heteroatoms. The van der Waals surface area contributed by atoms with Crippen molar-refractivity contribution in [2.24, 2.45) is 0 Å². The summed E-state index contributed by atoms with van der Waals surface area (Å²) in [6, 6.07) is 0. The first-order chi connectivity index (χ1) is 9.13. The van der Waals surface area contributed by atoms with Crippen molar-refractivity contribution in [1.29, 1.82) is 0 Å². The van der Waals surface area contributed by atoms with Gasteiger partial charge in [-0.15, -0.1) is 0 Å². The number of carbonyl (C=O) groups is 1. The summed E-state index contributed by atoms with van der Waals surface area (Å²) in [5.41, 5.74) is -0.817. The van der Waals surface area contributed by atoms with Crippen molar-refractivity contribution in [3.8, 4) is 0 Å². The zero-order chi connectivity index (χ0) is 13.7. The van der Waals surface area contributed by atoms with Gasteiger partial charge >= 0.3 is 0 Å². The molecule has 6 nitrogen and oxygen atoms in total. The number of piperidine rings is 1. The molecule has 1 aromatic heterocycles. The molecular formula is C13H20N4O2. The highest BCUT2D eigenvalue weighted by Crippen LogP contribution is 2.27. The minimum absolute atomic E-state index is 0.0370. The van der Waals surface area contributed by atoms with E-state index in [0.29, 0.717) is 19.4 Å². The Morgan fingerprint density at radius 2 is 2.42 bits per heavy atom. The van der Waals surface area contributed by atoms with Crippen molar-refractivity contribution in [1.82, 2.24) is 15.3 Å². The first kappa shape index (κ1) is 13.7. The molecule has 1 saturated heterocycles. The van der Waals surface area contributed by atoms with Crippen LogP contribution in [0.5, 0.6) is 0 Å². The monoisotopic (exact) mass is 264 g/mol. The van der Waals surface area contributed by atoms with Crippen molar-refractivity contribution in [3.05, 3.63) is 18.6 Å². The van der Waals surface area contributed by atoms with Gasteiger partial charge in [-0.25, -0.2) is 4.98 Å². The normalized spacial score (nSPS) is 23.2. The minimum atomic E-state index is -0.817. The lowest BCUT2D eigenvalue weighted by molar-refractivity contribution is -0.122. The van der Waals surface area contributed by atoms with Crippen LogP contribution in [0.25, 0.3) is 0 Å². The maximum Gasteiger partial charge on any atom is 0.219 e. The van der Waals surface area contributed by atoms with E-state index in [2.05, 4.69) is 15.3 Å². The van der Waals surface area contributed by atoms with E-state index in [9.17, 15) is 9.90 Å². The van der Waals surface area contributed by atoms with E-state index in [4.69, 9.17) is 0 Å². The average molecular weight is 264 g/mol. The van der Waals surface area contributed by atoms with Gasteiger partial charge < -0.3 is 15.3 Å². The second kappa shape index (κ2) is 5.97. The number of β-amino-alcohol motifs (C(OH)–C–C–N with tert-alkyl or cyclic N) is 1. The Bertz CT molecular complexity index is 426. The Kier molecular flexibility index (Phi) is 4.31. The first-order valence-corrected chi connectivity index (χ1v) is 6.57. The molecule has 1 atom stereocenters. The molecule has 2 heterocycles. The van der Waals surface area contributed by atoms with Crippen LogP contribution in [0.15, 0.2) is 18.6 Å². The van der Waals surface area contributed by atoms with E-state index in [1.165, 1.54) is 0 Å². The number of nitrogens with one attached hydrogen (secondary N) is 1. The highest BCUT2D eigenvalue weighted by molar-refractivity contribution is 5.75. The Hall–Kier alpha value is -1.69. The number of nitrogens with zero attached hydrogens (tertiary/aromatic N) is 3. The summed E-state index contributed by atoms with van der Waals surface area (Å²) in [4.78, 5) is 21.6. The first-order valence-electron chi connectivity index (χ1n) is 6.57. The fourth-order valence-electron chi connectivity index (χ4n) is 2.44. The zero-order valence-electron chi connectivity index (χ0n) is 11.2. The van der Waals surface area contributed by atoms with E-state index in [1.807, 2.05) is 4.90 Å². The van der Waals surface area contributed by atoms with E-state index >= 15 is 0 Å². The van der Waals surface area contributed by atoms with Crippen LogP contribution in [0.2, 0.25) is 0 Å². The van der Waals surface area contributed by atoms with E-state index in [1.54, 1.807) is 25.6 Å². The van der Waals surface area contributed by atoms with Gasteiger partial charge in [-0.3, -0.25) is 9.78 Å². The van der Waals surface area contributed by atoms with E-state index < -0.39 is 5.60 Å². The van der Waals surface area contributed by atoms with Crippen LogP contribution in [0.4, 0.5) is 5.82 Å². The second-order valence-electron chi connectivity index (χ2n) is 4.99. The lowest BCUT2D eigenvalue weighted by atomic mass is 9.88. The van der Waals surface area contributed by atoms with Gasteiger partial charge in [-0.05, 0) is 19.3 Å². The van der Waals surface area contributed by atoms with E-state index in [0.717, 1.165) is 25.2 Å². The number of amides is 1. The summed E-state index contributed by atoms with van der Waals surface area (Å²) >= 11 is 0. The standard InChI is InChI=1S/C13H20N4O2/c1-14-12(18)3-5-13(19)4-2-8-17(10-13)11-9-15-6-7-16-11/h6-7,9,19H,2-5,8,10H2,1H3,(H,14,18). The van der Waals surface area contributed by atoms with Gasteiger partial charge in [-0.1, -0.05) is 0 Å². The highest BCUT2D eigenvalue weighted by atomic mass is 16.3. The molecule has 1 amide bonds. The van der Waals surface area contributed by atoms with Crippen LogP contribution in [0.3, 0.4) is 0 Å². The Morgan fingerprint density at radius 1 is 1.58 bits per heavy atom. The van der Waals surface area contributed by atoms with Gasteiger partial charge in [0.2, 0.25) is 5.91 Å². The van der Waals surface area contributed by atoms with Crippen molar-refractivity contribution in [2.75, 3.05) is 25.0 Å². The molecule has 0 aliphatic carbocycles. The van der Waals surface area contributed by atoms with Crippen LogP contribution < -0.4 is 10.2 Å². The molecule has 19 heavy (non-hydrogen) atoms. The topological polar surface area (TPSA) is 78.4 Å². The fourth-order valence-corrected chi connectivity index (χ4v) is 2.44. The number of aromatic nitrogens is 2. The van der Waals surface area contributed by atoms with Gasteiger partial charge in [0.15, 0.2) is 0 Å². The van der Waals surface area contributed by atoms with Gasteiger partial charge in [0.25, 0.3) is 0 Å². The molecule has 2 N–H and O–H groups in total. The lowest BCUT2D eigenvalue weighted by Crippen LogP contribution is -2.49. The van der Waals surface area contributed by atoms with Crippen LogP contribution in [0.1, 0.15) is 25.7 Å². The predicted octanol–water partition coefficient (Wildman–Crippen LogP) is 0.334. The lowest BCUT2D eigenvalue weighted by Gasteiger charge is -2.39. The van der Waals surface area contributed by atoms with Crippen molar-refractivity contribution < 1.29 is 9.90 Å². The summed E-state index contributed by atoms with van der Waals surface area (Å²) in [7, 11) is 1.61. The maximum absolute atomic E-state index is 11.3.